The summed E-state index contributed by atoms with van der Waals surface area (Å²) in [6.45, 7) is 3.09. The molecule has 0 spiro atoms. The Kier molecular flexibility index (Phi) is 4.81. The highest BCUT2D eigenvalue weighted by atomic mass is 16.5. The molecule has 2 aromatic rings. The van der Waals surface area contributed by atoms with Gasteiger partial charge in [-0.3, -0.25) is 0 Å². The van der Waals surface area contributed by atoms with Crippen molar-refractivity contribution in [1.82, 2.24) is 0 Å². The zero-order valence-electron chi connectivity index (χ0n) is 11.0. The van der Waals surface area contributed by atoms with Gasteiger partial charge in [0.15, 0.2) is 0 Å². The molecule has 2 aromatic carbocycles. The average Bonchev–Trinajstić information content (AvgIpc) is 2.47. The van der Waals surface area contributed by atoms with Crippen LogP contribution in [0.25, 0.3) is 0 Å². The van der Waals surface area contributed by atoms with Gasteiger partial charge in [0.1, 0.15) is 18.1 Å². The van der Waals surface area contributed by atoms with Gasteiger partial charge in [-0.1, -0.05) is 30.3 Å². The lowest BCUT2D eigenvalue weighted by atomic mass is 10.2. The summed E-state index contributed by atoms with van der Waals surface area (Å²) in [5.41, 5.74) is 1.87. The lowest BCUT2D eigenvalue weighted by Crippen LogP contribution is -1.99. The van der Waals surface area contributed by atoms with Gasteiger partial charge < -0.3 is 14.6 Å². The van der Waals surface area contributed by atoms with Crippen LogP contribution in [-0.2, 0) is 13.2 Å². The minimum Gasteiger partial charge on any atom is -0.494 e. The quantitative estimate of drug-likeness (QED) is 0.865. The molecule has 0 heterocycles. The highest BCUT2D eigenvalue weighted by molar-refractivity contribution is 5.33. The maximum Gasteiger partial charge on any atom is 0.125 e. The molecule has 3 heteroatoms. The molecule has 100 valence electrons. The topological polar surface area (TPSA) is 38.7 Å². The van der Waals surface area contributed by atoms with Crippen LogP contribution in [0.5, 0.6) is 11.5 Å². The van der Waals surface area contributed by atoms with E-state index >= 15 is 0 Å². The molecule has 0 saturated carbocycles. The summed E-state index contributed by atoms with van der Waals surface area (Å²) in [5.74, 6) is 1.58. The predicted molar refractivity (Wildman–Crippen MR) is 74.3 cm³/mol. The largest absolute Gasteiger partial charge is 0.494 e. The normalized spacial score (nSPS) is 10.2. The smallest absolute Gasteiger partial charge is 0.125 e. The predicted octanol–water partition coefficient (Wildman–Crippen LogP) is 3.16. The molecule has 0 bridgehead atoms. The van der Waals surface area contributed by atoms with Crippen LogP contribution in [0.15, 0.2) is 48.5 Å². The van der Waals surface area contributed by atoms with Crippen molar-refractivity contribution in [3.63, 3.8) is 0 Å². The number of aliphatic hydroxyl groups is 1. The van der Waals surface area contributed by atoms with E-state index in [1.54, 1.807) is 0 Å². The first-order chi connectivity index (χ1) is 9.33. The molecular weight excluding hydrogens is 240 g/mol. The zero-order chi connectivity index (χ0) is 13.5. The Morgan fingerprint density at radius 3 is 2.37 bits per heavy atom. The number of ether oxygens (including phenoxy) is 2. The summed E-state index contributed by atoms with van der Waals surface area (Å²) >= 11 is 0. The second-order valence-electron chi connectivity index (χ2n) is 4.13. The number of para-hydroxylation sites is 1. The van der Waals surface area contributed by atoms with Gasteiger partial charge in [0.2, 0.25) is 0 Å². The van der Waals surface area contributed by atoms with Crippen LogP contribution in [0.3, 0.4) is 0 Å². The van der Waals surface area contributed by atoms with Crippen molar-refractivity contribution in [2.24, 2.45) is 0 Å². The summed E-state index contributed by atoms with van der Waals surface area (Å²) in [5, 5.41) is 9.21. The molecule has 3 nitrogen and oxygen atoms in total. The van der Waals surface area contributed by atoms with Crippen molar-refractivity contribution >= 4 is 0 Å². The fourth-order valence-corrected chi connectivity index (χ4v) is 1.78. The second kappa shape index (κ2) is 6.81. The standard InChI is InChI=1S/C16H18O3/c1-2-18-15-9-7-13(8-10-15)12-19-16-6-4-3-5-14(16)11-17/h3-10,17H,2,11-12H2,1H3. The molecule has 0 unspecified atom stereocenters. The molecule has 1 N–H and O–H groups in total. The Bertz CT molecular complexity index is 506. The van der Waals surface area contributed by atoms with E-state index in [1.807, 2.05) is 55.5 Å². The molecule has 0 saturated heterocycles. The Hall–Kier alpha value is -2.00. The zero-order valence-corrected chi connectivity index (χ0v) is 11.0. The van der Waals surface area contributed by atoms with Gasteiger partial charge in [-0.15, -0.1) is 0 Å². The summed E-state index contributed by atoms with van der Waals surface area (Å²) in [7, 11) is 0. The lowest BCUT2D eigenvalue weighted by Gasteiger charge is -2.10. The van der Waals surface area contributed by atoms with E-state index < -0.39 is 0 Å². The average molecular weight is 258 g/mol. The van der Waals surface area contributed by atoms with Crippen LogP contribution in [0, 0.1) is 0 Å². The molecule has 0 aliphatic heterocycles. The second-order valence-corrected chi connectivity index (χ2v) is 4.13. The van der Waals surface area contributed by atoms with E-state index in [4.69, 9.17) is 9.47 Å². The molecular formula is C16H18O3. The van der Waals surface area contributed by atoms with Crippen LogP contribution in [0.2, 0.25) is 0 Å². The van der Waals surface area contributed by atoms with Crippen molar-refractivity contribution in [2.75, 3.05) is 6.61 Å². The molecule has 2 rings (SSSR count). The first-order valence-electron chi connectivity index (χ1n) is 6.36. The van der Waals surface area contributed by atoms with E-state index in [-0.39, 0.29) is 6.61 Å². The third kappa shape index (κ3) is 3.73. The lowest BCUT2D eigenvalue weighted by molar-refractivity contribution is 0.259. The number of benzene rings is 2. The minimum absolute atomic E-state index is 0.0144. The monoisotopic (exact) mass is 258 g/mol. The Morgan fingerprint density at radius 1 is 0.947 bits per heavy atom. The van der Waals surface area contributed by atoms with E-state index in [2.05, 4.69) is 0 Å². The van der Waals surface area contributed by atoms with Gasteiger partial charge in [-0.25, -0.2) is 0 Å². The maximum absolute atomic E-state index is 9.21. The van der Waals surface area contributed by atoms with Crippen LogP contribution < -0.4 is 9.47 Å². The van der Waals surface area contributed by atoms with Gasteiger partial charge in [0.25, 0.3) is 0 Å². The summed E-state index contributed by atoms with van der Waals surface area (Å²) in [6, 6.07) is 15.3. The fraction of sp³-hybridized carbons (Fsp3) is 0.250. The third-order valence-corrected chi connectivity index (χ3v) is 2.77. The van der Waals surface area contributed by atoms with E-state index in [0.29, 0.717) is 13.2 Å². The van der Waals surface area contributed by atoms with E-state index in [1.165, 1.54) is 0 Å². The Labute approximate surface area is 113 Å². The summed E-state index contributed by atoms with van der Waals surface area (Å²) < 4.78 is 11.1. The van der Waals surface area contributed by atoms with Crippen LogP contribution in [0.1, 0.15) is 18.1 Å². The van der Waals surface area contributed by atoms with E-state index in [0.717, 1.165) is 22.6 Å². The highest BCUT2D eigenvalue weighted by Crippen LogP contribution is 2.20. The SMILES string of the molecule is CCOc1ccc(COc2ccccc2CO)cc1. The summed E-state index contributed by atoms with van der Waals surface area (Å²) in [4.78, 5) is 0. The van der Waals surface area contributed by atoms with Crippen molar-refractivity contribution < 1.29 is 14.6 Å². The first-order valence-corrected chi connectivity index (χ1v) is 6.36. The Morgan fingerprint density at radius 2 is 1.68 bits per heavy atom. The number of hydrogen-bond acceptors (Lipinski definition) is 3. The van der Waals surface area contributed by atoms with Gasteiger partial charge in [-0.05, 0) is 30.7 Å². The maximum atomic E-state index is 9.21. The number of aliphatic hydroxyl groups excluding tert-OH is 1. The highest BCUT2D eigenvalue weighted by Gasteiger charge is 2.02. The van der Waals surface area contributed by atoms with Crippen molar-refractivity contribution in [3.8, 4) is 11.5 Å². The summed E-state index contributed by atoms with van der Waals surface area (Å²) in [6.07, 6.45) is 0. The van der Waals surface area contributed by atoms with Gasteiger partial charge in [0, 0.05) is 5.56 Å². The van der Waals surface area contributed by atoms with E-state index in [9.17, 15) is 5.11 Å². The molecule has 0 radical (unpaired) electrons. The van der Waals surface area contributed by atoms with Gasteiger partial charge >= 0.3 is 0 Å². The Balaban J connectivity index is 1.98. The van der Waals surface area contributed by atoms with Crippen molar-refractivity contribution in [3.05, 3.63) is 59.7 Å². The molecule has 0 amide bonds. The van der Waals surface area contributed by atoms with Gasteiger partial charge in [0.05, 0.1) is 13.2 Å². The fourth-order valence-electron chi connectivity index (χ4n) is 1.78. The number of rotatable bonds is 6. The molecule has 0 aliphatic carbocycles. The molecule has 19 heavy (non-hydrogen) atoms. The van der Waals surface area contributed by atoms with Crippen molar-refractivity contribution in [1.29, 1.82) is 0 Å². The van der Waals surface area contributed by atoms with Crippen LogP contribution in [0.4, 0.5) is 0 Å². The minimum atomic E-state index is -0.0144. The number of hydrogen-bond donors (Lipinski definition) is 1. The first kappa shape index (κ1) is 13.4. The van der Waals surface area contributed by atoms with Crippen molar-refractivity contribution in [2.45, 2.75) is 20.1 Å². The van der Waals surface area contributed by atoms with Crippen LogP contribution >= 0.6 is 0 Å². The molecule has 0 aromatic heterocycles. The van der Waals surface area contributed by atoms with Gasteiger partial charge in [-0.2, -0.15) is 0 Å². The third-order valence-electron chi connectivity index (χ3n) is 2.77. The molecule has 0 atom stereocenters. The molecule has 0 fully saturated rings. The molecule has 0 aliphatic rings. The van der Waals surface area contributed by atoms with Crippen LogP contribution in [-0.4, -0.2) is 11.7 Å².